The summed E-state index contributed by atoms with van der Waals surface area (Å²) in [5.41, 5.74) is 6.55. The Labute approximate surface area is 112 Å². The predicted octanol–water partition coefficient (Wildman–Crippen LogP) is 2.04. The number of benzene rings is 1. The van der Waals surface area contributed by atoms with Crippen LogP contribution in [0.15, 0.2) is 24.3 Å². The molecular weight excluding hydrogens is 242 g/mol. The van der Waals surface area contributed by atoms with Crippen LogP contribution in [-0.2, 0) is 0 Å². The van der Waals surface area contributed by atoms with Crippen LogP contribution in [0.5, 0.6) is 0 Å². The van der Waals surface area contributed by atoms with E-state index < -0.39 is 11.9 Å². The molecule has 19 heavy (non-hydrogen) atoms. The van der Waals surface area contributed by atoms with E-state index in [0.717, 1.165) is 25.7 Å². The summed E-state index contributed by atoms with van der Waals surface area (Å²) in [6.07, 6.45) is 5.48. The lowest BCUT2D eigenvalue weighted by Gasteiger charge is -2.22. The summed E-state index contributed by atoms with van der Waals surface area (Å²) >= 11 is 0. The SMILES string of the molecule is Nc1ccc(C(=O)NC(=O)NC2CCCCC2)cc1. The molecule has 0 aliphatic heterocycles. The molecule has 5 nitrogen and oxygen atoms in total. The number of rotatable bonds is 2. The topological polar surface area (TPSA) is 84.2 Å². The molecular formula is C14H19N3O2. The molecule has 1 saturated carbocycles. The zero-order valence-electron chi connectivity index (χ0n) is 10.8. The van der Waals surface area contributed by atoms with Gasteiger partial charge < -0.3 is 11.1 Å². The lowest BCUT2D eigenvalue weighted by atomic mass is 9.96. The first-order chi connectivity index (χ1) is 9.15. The van der Waals surface area contributed by atoms with Gasteiger partial charge in [0.15, 0.2) is 0 Å². The summed E-state index contributed by atoms with van der Waals surface area (Å²) in [5, 5.41) is 5.17. The molecule has 0 unspecified atom stereocenters. The number of imide groups is 1. The van der Waals surface area contributed by atoms with Gasteiger partial charge in [-0.05, 0) is 37.1 Å². The third-order valence-corrected chi connectivity index (χ3v) is 3.34. The Morgan fingerprint density at radius 3 is 2.32 bits per heavy atom. The van der Waals surface area contributed by atoms with Gasteiger partial charge in [-0.15, -0.1) is 0 Å². The van der Waals surface area contributed by atoms with Gasteiger partial charge in [0.05, 0.1) is 0 Å². The van der Waals surface area contributed by atoms with Crippen LogP contribution in [0.1, 0.15) is 42.5 Å². The monoisotopic (exact) mass is 261 g/mol. The number of nitrogens with two attached hydrogens (primary N) is 1. The Kier molecular flexibility index (Phi) is 4.39. The van der Waals surface area contributed by atoms with Crippen molar-refractivity contribution in [3.63, 3.8) is 0 Å². The van der Waals surface area contributed by atoms with Crippen molar-refractivity contribution in [3.05, 3.63) is 29.8 Å². The molecule has 0 radical (unpaired) electrons. The highest BCUT2D eigenvalue weighted by molar-refractivity contribution is 6.04. The maximum Gasteiger partial charge on any atom is 0.321 e. The van der Waals surface area contributed by atoms with Gasteiger partial charge in [0.25, 0.3) is 5.91 Å². The number of nitrogens with one attached hydrogen (secondary N) is 2. The zero-order chi connectivity index (χ0) is 13.7. The molecule has 3 amide bonds. The number of nitrogen functional groups attached to an aromatic ring is 1. The van der Waals surface area contributed by atoms with Crippen molar-refractivity contribution in [1.82, 2.24) is 10.6 Å². The Bertz CT molecular complexity index is 450. The van der Waals surface area contributed by atoms with E-state index in [1.165, 1.54) is 6.42 Å². The molecule has 2 rings (SSSR count). The molecule has 0 aromatic heterocycles. The minimum Gasteiger partial charge on any atom is -0.399 e. The minimum absolute atomic E-state index is 0.188. The van der Waals surface area contributed by atoms with E-state index in [0.29, 0.717) is 11.3 Å². The number of amides is 3. The second-order valence-electron chi connectivity index (χ2n) is 4.88. The van der Waals surface area contributed by atoms with Crippen molar-refractivity contribution in [2.45, 2.75) is 38.1 Å². The maximum atomic E-state index is 11.8. The standard InChI is InChI=1S/C14H19N3O2/c15-11-8-6-10(7-9-11)13(18)17-14(19)16-12-4-2-1-3-5-12/h6-9,12H,1-5,15H2,(H2,16,17,18,19). The largest absolute Gasteiger partial charge is 0.399 e. The van der Waals surface area contributed by atoms with E-state index in [1.54, 1.807) is 24.3 Å². The smallest absolute Gasteiger partial charge is 0.321 e. The molecule has 1 aromatic carbocycles. The van der Waals surface area contributed by atoms with Crippen molar-refractivity contribution >= 4 is 17.6 Å². The van der Waals surface area contributed by atoms with Gasteiger partial charge in [-0.25, -0.2) is 4.79 Å². The highest BCUT2D eigenvalue weighted by Crippen LogP contribution is 2.17. The number of hydrogen-bond acceptors (Lipinski definition) is 3. The first-order valence-corrected chi connectivity index (χ1v) is 6.62. The first-order valence-electron chi connectivity index (χ1n) is 6.62. The zero-order valence-corrected chi connectivity index (χ0v) is 10.8. The third-order valence-electron chi connectivity index (χ3n) is 3.34. The molecule has 0 saturated heterocycles. The van der Waals surface area contributed by atoms with E-state index in [1.807, 2.05) is 0 Å². The van der Waals surface area contributed by atoms with Crippen LogP contribution in [0.25, 0.3) is 0 Å². The summed E-state index contributed by atoms with van der Waals surface area (Å²) in [6.45, 7) is 0. The van der Waals surface area contributed by atoms with Crippen molar-refractivity contribution in [1.29, 1.82) is 0 Å². The van der Waals surface area contributed by atoms with Crippen LogP contribution in [0.2, 0.25) is 0 Å². The fraction of sp³-hybridized carbons (Fsp3) is 0.429. The van der Waals surface area contributed by atoms with E-state index in [-0.39, 0.29) is 6.04 Å². The van der Waals surface area contributed by atoms with E-state index in [2.05, 4.69) is 10.6 Å². The Hall–Kier alpha value is -2.04. The predicted molar refractivity (Wildman–Crippen MR) is 73.7 cm³/mol. The normalized spacial score (nSPS) is 15.8. The fourth-order valence-corrected chi connectivity index (χ4v) is 2.28. The highest BCUT2D eigenvalue weighted by atomic mass is 16.2. The number of hydrogen-bond donors (Lipinski definition) is 3. The summed E-state index contributed by atoms with van der Waals surface area (Å²) in [5.74, 6) is -0.409. The molecule has 102 valence electrons. The van der Waals surface area contributed by atoms with Gasteiger partial charge in [-0.3, -0.25) is 10.1 Å². The van der Waals surface area contributed by atoms with Gasteiger partial charge >= 0.3 is 6.03 Å². The third kappa shape index (κ3) is 3.98. The Morgan fingerprint density at radius 2 is 1.68 bits per heavy atom. The molecule has 1 aromatic rings. The Morgan fingerprint density at radius 1 is 1.05 bits per heavy atom. The molecule has 0 spiro atoms. The molecule has 1 fully saturated rings. The minimum atomic E-state index is -0.422. The van der Waals surface area contributed by atoms with Gasteiger partial charge in [0, 0.05) is 17.3 Å². The maximum absolute atomic E-state index is 11.8. The lowest BCUT2D eigenvalue weighted by Crippen LogP contribution is -2.45. The number of anilines is 1. The van der Waals surface area contributed by atoms with Crippen LogP contribution in [-0.4, -0.2) is 18.0 Å². The average molecular weight is 261 g/mol. The number of urea groups is 1. The molecule has 5 heteroatoms. The van der Waals surface area contributed by atoms with Crippen LogP contribution in [0, 0.1) is 0 Å². The second-order valence-corrected chi connectivity index (χ2v) is 4.88. The van der Waals surface area contributed by atoms with Gasteiger partial charge in [-0.1, -0.05) is 19.3 Å². The average Bonchev–Trinajstić information content (AvgIpc) is 2.40. The summed E-state index contributed by atoms with van der Waals surface area (Å²) < 4.78 is 0. The molecule has 0 atom stereocenters. The van der Waals surface area contributed by atoms with Crippen LogP contribution in [0.3, 0.4) is 0 Å². The van der Waals surface area contributed by atoms with E-state index >= 15 is 0 Å². The van der Waals surface area contributed by atoms with Gasteiger partial charge in [-0.2, -0.15) is 0 Å². The highest BCUT2D eigenvalue weighted by Gasteiger charge is 2.17. The van der Waals surface area contributed by atoms with Crippen molar-refractivity contribution in [3.8, 4) is 0 Å². The first kappa shape index (κ1) is 13.4. The summed E-state index contributed by atoms with van der Waals surface area (Å²) in [6, 6.07) is 6.22. The summed E-state index contributed by atoms with van der Waals surface area (Å²) in [7, 11) is 0. The quantitative estimate of drug-likeness (QED) is 0.712. The molecule has 1 aliphatic carbocycles. The molecule has 4 N–H and O–H groups in total. The van der Waals surface area contributed by atoms with Crippen LogP contribution in [0.4, 0.5) is 10.5 Å². The molecule has 0 bridgehead atoms. The molecule has 1 aliphatic rings. The fourth-order valence-electron chi connectivity index (χ4n) is 2.28. The van der Waals surface area contributed by atoms with Gasteiger partial charge in [0.1, 0.15) is 0 Å². The van der Waals surface area contributed by atoms with E-state index in [9.17, 15) is 9.59 Å². The summed E-state index contributed by atoms with van der Waals surface area (Å²) in [4.78, 5) is 23.5. The molecule has 0 heterocycles. The number of carbonyl (C=O) groups excluding carboxylic acids is 2. The van der Waals surface area contributed by atoms with Crippen molar-refractivity contribution < 1.29 is 9.59 Å². The Balaban J connectivity index is 1.84. The van der Waals surface area contributed by atoms with E-state index in [4.69, 9.17) is 5.73 Å². The van der Waals surface area contributed by atoms with Crippen molar-refractivity contribution in [2.75, 3.05) is 5.73 Å². The van der Waals surface area contributed by atoms with Gasteiger partial charge in [0.2, 0.25) is 0 Å². The van der Waals surface area contributed by atoms with Crippen LogP contribution >= 0.6 is 0 Å². The van der Waals surface area contributed by atoms with Crippen molar-refractivity contribution in [2.24, 2.45) is 0 Å². The lowest BCUT2D eigenvalue weighted by molar-refractivity contribution is 0.0963. The number of carbonyl (C=O) groups is 2. The van der Waals surface area contributed by atoms with Crippen LogP contribution < -0.4 is 16.4 Å². The second kappa shape index (κ2) is 6.22.